The average Bonchev–Trinajstić information content (AvgIpc) is 2.31. The van der Waals surface area contributed by atoms with E-state index in [2.05, 4.69) is 17.4 Å². The highest BCUT2D eigenvalue weighted by molar-refractivity contribution is 5.81. The molecule has 1 fully saturated rings. The van der Waals surface area contributed by atoms with Gasteiger partial charge in [-0.1, -0.05) is 30.3 Å². The number of nitrogens with one attached hydrogen (secondary N) is 1. The number of hydrogen-bond acceptors (Lipinski definition) is 2. The SMILES string of the molecule is NC(=O)C1(Cc2ccccc2)CCNCC1. The molecule has 1 aliphatic rings. The van der Waals surface area contributed by atoms with Crippen molar-refractivity contribution in [1.82, 2.24) is 5.32 Å². The lowest BCUT2D eigenvalue weighted by molar-refractivity contribution is -0.129. The fraction of sp³-hybridized carbons (Fsp3) is 0.462. The van der Waals surface area contributed by atoms with Crippen LogP contribution in [-0.4, -0.2) is 19.0 Å². The fourth-order valence-corrected chi connectivity index (χ4v) is 2.40. The molecule has 0 aliphatic carbocycles. The molecule has 1 aromatic carbocycles. The van der Waals surface area contributed by atoms with E-state index in [-0.39, 0.29) is 11.3 Å². The van der Waals surface area contributed by atoms with Gasteiger partial charge >= 0.3 is 0 Å². The molecule has 1 amide bonds. The van der Waals surface area contributed by atoms with Gasteiger partial charge in [-0.3, -0.25) is 4.79 Å². The molecule has 0 spiro atoms. The first kappa shape index (κ1) is 11.1. The second kappa shape index (κ2) is 4.66. The molecule has 0 radical (unpaired) electrons. The highest BCUT2D eigenvalue weighted by Crippen LogP contribution is 2.32. The van der Waals surface area contributed by atoms with Crippen molar-refractivity contribution in [3.05, 3.63) is 35.9 Å². The fourth-order valence-electron chi connectivity index (χ4n) is 2.40. The number of carbonyl (C=O) groups is 1. The largest absolute Gasteiger partial charge is 0.369 e. The number of nitrogens with two attached hydrogens (primary N) is 1. The molecule has 0 unspecified atom stereocenters. The van der Waals surface area contributed by atoms with Crippen molar-refractivity contribution in [1.29, 1.82) is 0 Å². The van der Waals surface area contributed by atoms with Gasteiger partial charge in [-0.15, -0.1) is 0 Å². The van der Waals surface area contributed by atoms with Crippen molar-refractivity contribution in [2.24, 2.45) is 11.1 Å². The molecule has 2 rings (SSSR count). The molecule has 16 heavy (non-hydrogen) atoms. The van der Waals surface area contributed by atoms with Gasteiger partial charge in [0.05, 0.1) is 5.41 Å². The summed E-state index contributed by atoms with van der Waals surface area (Å²) in [5.74, 6) is -0.155. The maximum absolute atomic E-state index is 11.7. The van der Waals surface area contributed by atoms with Crippen LogP contribution in [0.4, 0.5) is 0 Å². The minimum atomic E-state index is -0.341. The van der Waals surface area contributed by atoms with Gasteiger partial charge < -0.3 is 11.1 Å². The number of primary amides is 1. The number of rotatable bonds is 3. The maximum atomic E-state index is 11.7. The van der Waals surface area contributed by atoms with Crippen molar-refractivity contribution < 1.29 is 4.79 Å². The highest BCUT2D eigenvalue weighted by Gasteiger charge is 2.37. The summed E-state index contributed by atoms with van der Waals surface area (Å²) >= 11 is 0. The Hall–Kier alpha value is -1.35. The molecule has 0 bridgehead atoms. The van der Waals surface area contributed by atoms with Crippen LogP contribution >= 0.6 is 0 Å². The van der Waals surface area contributed by atoms with Crippen LogP contribution in [0.1, 0.15) is 18.4 Å². The molecule has 1 heterocycles. The van der Waals surface area contributed by atoms with Crippen LogP contribution in [-0.2, 0) is 11.2 Å². The standard InChI is InChI=1S/C13H18N2O/c14-12(16)13(6-8-15-9-7-13)10-11-4-2-1-3-5-11/h1-5,15H,6-10H2,(H2,14,16). The van der Waals surface area contributed by atoms with Crippen LogP contribution in [0, 0.1) is 5.41 Å². The number of hydrogen-bond donors (Lipinski definition) is 2. The molecule has 86 valence electrons. The Bertz CT molecular complexity index is 355. The molecule has 3 nitrogen and oxygen atoms in total. The predicted octanol–water partition coefficient (Wildman–Crippen LogP) is 1.08. The number of piperidine rings is 1. The van der Waals surface area contributed by atoms with E-state index < -0.39 is 0 Å². The topological polar surface area (TPSA) is 55.1 Å². The lowest BCUT2D eigenvalue weighted by Gasteiger charge is -2.34. The summed E-state index contributed by atoms with van der Waals surface area (Å²) in [6.45, 7) is 1.77. The Morgan fingerprint density at radius 3 is 2.44 bits per heavy atom. The Morgan fingerprint density at radius 2 is 1.88 bits per heavy atom. The van der Waals surface area contributed by atoms with Gasteiger partial charge in [-0.05, 0) is 37.9 Å². The molecule has 0 saturated carbocycles. The third-order valence-electron chi connectivity index (χ3n) is 3.47. The van der Waals surface area contributed by atoms with Crippen LogP contribution in [0.15, 0.2) is 30.3 Å². The summed E-state index contributed by atoms with van der Waals surface area (Å²) in [6.07, 6.45) is 2.46. The van der Waals surface area contributed by atoms with Crippen LogP contribution in [0.25, 0.3) is 0 Å². The molecule has 3 heteroatoms. The van der Waals surface area contributed by atoms with E-state index >= 15 is 0 Å². The summed E-state index contributed by atoms with van der Waals surface area (Å²) in [6, 6.07) is 10.1. The average molecular weight is 218 g/mol. The zero-order valence-corrected chi connectivity index (χ0v) is 9.41. The predicted molar refractivity (Wildman–Crippen MR) is 63.9 cm³/mol. The van der Waals surface area contributed by atoms with E-state index in [4.69, 9.17) is 5.73 Å². The first-order chi connectivity index (χ1) is 7.73. The van der Waals surface area contributed by atoms with E-state index in [1.165, 1.54) is 5.56 Å². The molecule has 0 aromatic heterocycles. The van der Waals surface area contributed by atoms with Crippen molar-refractivity contribution >= 4 is 5.91 Å². The van der Waals surface area contributed by atoms with Gasteiger partial charge in [0.15, 0.2) is 0 Å². The van der Waals surface area contributed by atoms with Gasteiger partial charge in [0.25, 0.3) is 0 Å². The first-order valence-corrected chi connectivity index (χ1v) is 5.77. The van der Waals surface area contributed by atoms with Gasteiger partial charge in [-0.25, -0.2) is 0 Å². The van der Waals surface area contributed by atoms with Crippen LogP contribution in [0.5, 0.6) is 0 Å². The third-order valence-corrected chi connectivity index (χ3v) is 3.47. The molecule has 1 aromatic rings. The van der Waals surface area contributed by atoms with E-state index in [1.54, 1.807) is 0 Å². The zero-order valence-electron chi connectivity index (χ0n) is 9.41. The van der Waals surface area contributed by atoms with E-state index in [9.17, 15) is 4.79 Å². The summed E-state index contributed by atoms with van der Waals surface area (Å²) < 4.78 is 0. The van der Waals surface area contributed by atoms with E-state index in [1.807, 2.05) is 18.2 Å². The second-order valence-corrected chi connectivity index (χ2v) is 4.56. The number of amides is 1. The van der Waals surface area contributed by atoms with E-state index in [0.29, 0.717) is 0 Å². The lowest BCUT2D eigenvalue weighted by Crippen LogP contribution is -2.46. The number of benzene rings is 1. The summed E-state index contributed by atoms with van der Waals surface area (Å²) in [7, 11) is 0. The van der Waals surface area contributed by atoms with Gasteiger partial charge in [0.2, 0.25) is 5.91 Å². The van der Waals surface area contributed by atoms with Crippen LogP contribution in [0.3, 0.4) is 0 Å². The smallest absolute Gasteiger partial charge is 0.224 e. The Labute approximate surface area is 96.0 Å². The lowest BCUT2D eigenvalue weighted by atomic mass is 9.73. The Balaban J connectivity index is 2.17. The first-order valence-electron chi connectivity index (χ1n) is 5.77. The van der Waals surface area contributed by atoms with Crippen molar-refractivity contribution in [2.45, 2.75) is 19.3 Å². The van der Waals surface area contributed by atoms with Crippen molar-refractivity contribution in [3.63, 3.8) is 0 Å². The Kier molecular flexibility index (Phi) is 3.25. The van der Waals surface area contributed by atoms with Gasteiger partial charge in [0, 0.05) is 0 Å². The minimum Gasteiger partial charge on any atom is -0.369 e. The normalized spacial score (nSPS) is 19.2. The highest BCUT2D eigenvalue weighted by atomic mass is 16.1. The van der Waals surface area contributed by atoms with Crippen molar-refractivity contribution in [3.8, 4) is 0 Å². The van der Waals surface area contributed by atoms with Crippen LogP contribution in [0.2, 0.25) is 0 Å². The van der Waals surface area contributed by atoms with Gasteiger partial charge in [-0.2, -0.15) is 0 Å². The minimum absolute atomic E-state index is 0.155. The van der Waals surface area contributed by atoms with Crippen LogP contribution < -0.4 is 11.1 Å². The molecular formula is C13H18N2O. The number of carbonyl (C=O) groups excluding carboxylic acids is 1. The van der Waals surface area contributed by atoms with Crippen molar-refractivity contribution in [2.75, 3.05) is 13.1 Å². The molecule has 1 aliphatic heterocycles. The Morgan fingerprint density at radius 1 is 1.25 bits per heavy atom. The molecule has 3 N–H and O–H groups in total. The van der Waals surface area contributed by atoms with E-state index in [0.717, 1.165) is 32.4 Å². The molecule has 0 atom stereocenters. The second-order valence-electron chi connectivity index (χ2n) is 4.56. The zero-order chi connectivity index (χ0) is 11.4. The van der Waals surface area contributed by atoms with Gasteiger partial charge in [0.1, 0.15) is 0 Å². The summed E-state index contributed by atoms with van der Waals surface area (Å²) in [5, 5.41) is 3.27. The maximum Gasteiger partial charge on any atom is 0.224 e. The summed E-state index contributed by atoms with van der Waals surface area (Å²) in [5.41, 5.74) is 6.44. The summed E-state index contributed by atoms with van der Waals surface area (Å²) in [4.78, 5) is 11.7. The quantitative estimate of drug-likeness (QED) is 0.797. The monoisotopic (exact) mass is 218 g/mol. The molecule has 1 saturated heterocycles. The molecular weight excluding hydrogens is 200 g/mol. The third kappa shape index (κ3) is 2.25.